The Bertz CT molecular complexity index is 1280. The third-order valence-corrected chi connectivity index (χ3v) is 18.6. The Morgan fingerprint density at radius 3 is 2.04 bits per heavy atom. The molecule has 8 aliphatic carbocycles. The number of aliphatic hydroxyl groups is 1. The number of rotatable bonds is 10. The second kappa shape index (κ2) is 19.3. The summed E-state index contributed by atoms with van der Waals surface area (Å²) in [7, 11) is 0. The monoisotopic (exact) mass is 789 g/mol. The lowest BCUT2D eigenvalue weighted by Crippen LogP contribution is -2.60. The van der Waals surface area contributed by atoms with Crippen molar-refractivity contribution in [3.05, 3.63) is 0 Å². The van der Waals surface area contributed by atoms with Gasteiger partial charge in [0.1, 0.15) is 6.04 Å². The normalized spacial score (nSPS) is 45.0. The van der Waals surface area contributed by atoms with Crippen LogP contribution in [0.25, 0.3) is 0 Å². The molecule has 1 heterocycles. The Labute approximate surface area is 347 Å². The van der Waals surface area contributed by atoms with E-state index in [1.807, 2.05) is 0 Å². The van der Waals surface area contributed by atoms with Gasteiger partial charge >= 0.3 is 0 Å². The van der Waals surface area contributed by atoms with Crippen LogP contribution >= 0.6 is 0 Å². The van der Waals surface area contributed by atoms with Gasteiger partial charge in [0.25, 0.3) is 0 Å². The molecule has 8 saturated carbocycles. The first-order chi connectivity index (χ1) is 28.0. The van der Waals surface area contributed by atoms with Crippen molar-refractivity contribution in [1.82, 2.24) is 15.5 Å². The fraction of sp³-hybridized carbons (Fsp3) is 0.980. The van der Waals surface area contributed by atoms with E-state index in [0.29, 0.717) is 29.8 Å². The number of carbonyl (C=O) groups is 1. The maximum absolute atomic E-state index is 14.5. The maximum atomic E-state index is 14.5. The molecule has 0 spiro atoms. The predicted molar refractivity (Wildman–Crippen MR) is 230 cm³/mol. The van der Waals surface area contributed by atoms with Gasteiger partial charge in [0.15, 0.2) is 0 Å². The number of hydrogen-bond donors (Lipinski definition) is 4. The zero-order valence-electron chi connectivity index (χ0n) is 36.0. The third kappa shape index (κ3) is 9.40. The molecule has 9 fully saturated rings. The van der Waals surface area contributed by atoms with Gasteiger partial charge in [-0.1, -0.05) is 70.6 Å². The van der Waals surface area contributed by atoms with Crippen molar-refractivity contribution in [2.24, 2.45) is 57.4 Å². The van der Waals surface area contributed by atoms with Crippen molar-refractivity contribution in [1.29, 1.82) is 0 Å². The number of aliphatic hydroxyl groups excluding tert-OH is 1. The summed E-state index contributed by atoms with van der Waals surface area (Å²) in [6, 6.07) is 4.01. The number of amides is 1. The van der Waals surface area contributed by atoms with Crippen LogP contribution in [0.15, 0.2) is 10.2 Å². The molecule has 0 bridgehead atoms. The van der Waals surface area contributed by atoms with E-state index in [-0.39, 0.29) is 41.9 Å². The number of nitrogens with one attached hydrogen (secondary N) is 2. The minimum atomic E-state index is -0.761. The van der Waals surface area contributed by atoms with Crippen LogP contribution in [0.3, 0.4) is 0 Å². The zero-order valence-corrected chi connectivity index (χ0v) is 36.0. The first kappa shape index (κ1) is 41.3. The molecular weight excluding hydrogens is 705 g/mol. The van der Waals surface area contributed by atoms with E-state index < -0.39 is 6.10 Å². The standard InChI is InChI=1S/C49H84N6O2/c50-35-24-26-36(27-25-35)53-54-47-45-34(23-30-41-40-16-8-10-18-44(40)51-46(41)45)31-42(48(47)56)49(57)52-43-17-9-7-11-33(43)22-19-32-20-28-39(29-21-32)55(37-12-3-1-4-13-37)38-14-5-2-6-15-38/h32-48,51,56H,1-31,50H2,(H,52,57). The minimum Gasteiger partial charge on any atom is -0.390 e. The summed E-state index contributed by atoms with van der Waals surface area (Å²) in [6.07, 6.45) is 39.4. The van der Waals surface area contributed by atoms with E-state index in [2.05, 4.69) is 15.5 Å². The molecule has 1 saturated heterocycles. The lowest BCUT2D eigenvalue weighted by molar-refractivity contribution is -0.137. The third-order valence-electron chi connectivity index (χ3n) is 18.6. The molecule has 0 radical (unpaired) electrons. The smallest absolute Gasteiger partial charge is 0.226 e. The molecule has 9 rings (SSSR count). The minimum absolute atomic E-state index is 0.114. The number of nitrogens with zero attached hydrogens (tertiary/aromatic N) is 3. The Balaban J connectivity index is 0.822. The topological polar surface area (TPSA) is 115 Å². The predicted octanol–water partition coefficient (Wildman–Crippen LogP) is 9.61. The highest BCUT2D eigenvalue weighted by atomic mass is 16.3. The van der Waals surface area contributed by atoms with Crippen molar-refractivity contribution in [3.8, 4) is 0 Å². The lowest BCUT2D eigenvalue weighted by atomic mass is 9.58. The Hall–Kier alpha value is -1.09. The summed E-state index contributed by atoms with van der Waals surface area (Å²) in [4.78, 5) is 17.6. The second-order valence-corrected chi connectivity index (χ2v) is 21.9. The summed E-state index contributed by atoms with van der Waals surface area (Å²) < 4.78 is 0. The molecule has 0 aromatic rings. The van der Waals surface area contributed by atoms with Crippen molar-refractivity contribution < 1.29 is 9.90 Å². The molecule has 9 aliphatic rings. The molecule has 11 atom stereocenters. The van der Waals surface area contributed by atoms with Crippen molar-refractivity contribution >= 4 is 5.91 Å². The van der Waals surface area contributed by atoms with E-state index >= 15 is 0 Å². The van der Waals surface area contributed by atoms with E-state index in [0.717, 1.165) is 68.5 Å². The summed E-state index contributed by atoms with van der Waals surface area (Å²) in [5, 5.41) is 30.2. The number of azo groups is 1. The van der Waals surface area contributed by atoms with Gasteiger partial charge in [0.05, 0.1) is 18.1 Å². The molecule has 5 N–H and O–H groups in total. The van der Waals surface area contributed by atoms with Gasteiger partial charge in [-0.05, 0) is 158 Å². The highest BCUT2D eigenvalue weighted by Gasteiger charge is 2.58. The van der Waals surface area contributed by atoms with Crippen molar-refractivity contribution in [2.75, 3.05) is 0 Å². The fourth-order valence-corrected chi connectivity index (χ4v) is 15.6. The van der Waals surface area contributed by atoms with E-state index in [4.69, 9.17) is 16.0 Å². The molecule has 8 nitrogen and oxygen atoms in total. The SMILES string of the molecule is NC1CCC(N=NC2C(O)C(C(=O)NC3CCCCC3CCC3CCC(N(C4CCCCC4)C4CCCCC4)CC3)CC3CCC4C5CCCCC5NC4C32)CC1. The van der Waals surface area contributed by atoms with Crippen LogP contribution in [0.4, 0.5) is 0 Å². The molecule has 11 unspecified atom stereocenters. The second-order valence-electron chi connectivity index (χ2n) is 21.9. The first-order valence-electron chi connectivity index (χ1n) is 25.7. The maximum Gasteiger partial charge on any atom is 0.226 e. The summed E-state index contributed by atoms with van der Waals surface area (Å²) in [5.41, 5.74) is 6.25. The van der Waals surface area contributed by atoms with Crippen LogP contribution in [0.5, 0.6) is 0 Å². The van der Waals surface area contributed by atoms with Crippen molar-refractivity contribution in [3.63, 3.8) is 0 Å². The van der Waals surface area contributed by atoms with Gasteiger partial charge in [-0.2, -0.15) is 10.2 Å². The highest BCUT2D eigenvalue weighted by molar-refractivity contribution is 5.80. The Morgan fingerprint density at radius 2 is 1.30 bits per heavy atom. The highest BCUT2D eigenvalue weighted by Crippen LogP contribution is 2.53. The molecular formula is C49H84N6O2. The van der Waals surface area contributed by atoms with E-state index in [1.54, 1.807) is 0 Å². The molecule has 322 valence electrons. The molecule has 1 amide bonds. The number of fused-ring (bicyclic) bond motifs is 5. The number of hydrogen-bond acceptors (Lipinski definition) is 7. The number of nitrogens with two attached hydrogens (primary N) is 1. The summed E-state index contributed by atoms with van der Waals surface area (Å²) in [5.74, 6) is 3.31. The summed E-state index contributed by atoms with van der Waals surface area (Å²) in [6.45, 7) is 0. The number of carbonyl (C=O) groups excluding carboxylic acids is 1. The lowest BCUT2D eigenvalue weighted by Gasteiger charge is -2.50. The van der Waals surface area contributed by atoms with Crippen LogP contribution in [0.1, 0.15) is 199 Å². The molecule has 8 heteroatoms. The largest absolute Gasteiger partial charge is 0.390 e. The van der Waals surface area contributed by atoms with Gasteiger partial charge in [0, 0.05) is 48.2 Å². The molecule has 57 heavy (non-hydrogen) atoms. The van der Waals surface area contributed by atoms with E-state index in [1.165, 1.54) is 161 Å². The van der Waals surface area contributed by atoms with Crippen LogP contribution in [-0.2, 0) is 4.79 Å². The van der Waals surface area contributed by atoms with Crippen LogP contribution in [0, 0.1) is 41.4 Å². The molecule has 0 aromatic heterocycles. The average Bonchev–Trinajstić information content (AvgIpc) is 3.64. The Morgan fingerprint density at radius 1 is 0.649 bits per heavy atom. The zero-order chi connectivity index (χ0) is 38.7. The first-order valence-corrected chi connectivity index (χ1v) is 25.7. The van der Waals surface area contributed by atoms with Gasteiger partial charge in [0.2, 0.25) is 5.91 Å². The van der Waals surface area contributed by atoms with Crippen LogP contribution in [-0.4, -0.2) is 76.4 Å². The summed E-state index contributed by atoms with van der Waals surface area (Å²) >= 11 is 0. The van der Waals surface area contributed by atoms with Crippen molar-refractivity contribution in [2.45, 2.75) is 260 Å². The van der Waals surface area contributed by atoms with Crippen LogP contribution in [0.2, 0.25) is 0 Å². The Kier molecular flexibility index (Phi) is 14.0. The van der Waals surface area contributed by atoms with Gasteiger partial charge < -0.3 is 21.5 Å². The van der Waals surface area contributed by atoms with Crippen LogP contribution < -0.4 is 16.4 Å². The fourth-order valence-electron chi connectivity index (χ4n) is 15.6. The van der Waals surface area contributed by atoms with Gasteiger partial charge in [-0.25, -0.2) is 0 Å². The van der Waals surface area contributed by atoms with Gasteiger partial charge in [-0.15, -0.1) is 0 Å². The van der Waals surface area contributed by atoms with E-state index in [9.17, 15) is 9.90 Å². The average molecular weight is 789 g/mol. The van der Waals surface area contributed by atoms with Gasteiger partial charge in [-0.3, -0.25) is 9.69 Å². The quantitative estimate of drug-likeness (QED) is 0.165. The molecule has 1 aliphatic heterocycles. The molecule has 0 aromatic carbocycles.